The number of rotatable bonds is 3. The Morgan fingerprint density at radius 1 is 1.36 bits per heavy atom. The van der Waals surface area contributed by atoms with Gasteiger partial charge in [0, 0.05) is 12.8 Å². The number of carbonyl (C=O) groups is 1. The van der Waals surface area contributed by atoms with Gasteiger partial charge in [-0.05, 0) is 19.1 Å². The van der Waals surface area contributed by atoms with Crippen molar-refractivity contribution in [3.05, 3.63) is 30.3 Å². The number of para-hydroxylation sites is 1. The monoisotopic (exact) mass is 191 g/mol. The van der Waals surface area contributed by atoms with Gasteiger partial charge in [-0.2, -0.15) is 0 Å². The summed E-state index contributed by atoms with van der Waals surface area (Å²) in [7, 11) is 1.66. The van der Waals surface area contributed by atoms with Crippen LogP contribution in [0.5, 0.6) is 5.75 Å². The van der Waals surface area contributed by atoms with Crippen molar-refractivity contribution < 1.29 is 9.53 Å². The van der Waals surface area contributed by atoms with Crippen molar-refractivity contribution in [2.45, 2.75) is 13.3 Å². The molecule has 14 heavy (non-hydrogen) atoms. The van der Waals surface area contributed by atoms with Crippen LogP contribution in [-0.4, -0.2) is 18.7 Å². The number of hydrogen-bond acceptors (Lipinski definition) is 3. The molecule has 0 aliphatic carbocycles. The SMILES string of the molecule is CN=C(C)CC(=O)Oc1ccccc1. The molecule has 0 saturated carbocycles. The maximum atomic E-state index is 11.3. The first kappa shape index (κ1) is 10.4. The number of nitrogens with zero attached hydrogens (tertiary/aromatic N) is 1. The second-order valence-corrected chi connectivity index (χ2v) is 2.92. The van der Waals surface area contributed by atoms with E-state index in [1.54, 1.807) is 26.1 Å². The van der Waals surface area contributed by atoms with Crippen LogP contribution in [-0.2, 0) is 4.79 Å². The van der Waals surface area contributed by atoms with Crippen molar-refractivity contribution in [2.24, 2.45) is 4.99 Å². The molecule has 3 nitrogen and oxygen atoms in total. The third-order valence-corrected chi connectivity index (χ3v) is 1.76. The average Bonchev–Trinajstić information content (AvgIpc) is 2.19. The lowest BCUT2D eigenvalue weighted by Gasteiger charge is -2.02. The molecular weight excluding hydrogens is 178 g/mol. The minimum atomic E-state index is -0.278. The molecule has 0 aliphatic rings. The highest BCUT2D eigenvalue weighted by molar-refractivity contribution is 5.98. The second-order valence-electron chi connectivity index (χ2n) is 2.92. The molecule has 0 saturated heterocycles. The van der Waals surface area contributed by atoms with Gasteiger partial charge in [0.05, 0.1) is 6.42 Å². The van der Waals surface area contributed by atoms with Gasteiger partial charge in [-0.25, -0.2) is 0 Å². The normalized spacial score (nSPS) is 11.1. The van der Waals surface area contributed by atoms with Gasteiger partial charge in [0.1, 0.15) is 5.75 Å². The first-order valence-electron chi connectivity index (χ1n) is 4.40. The van der Waals surface area contributed by atoms with E-state index in [1.807, 2.05) is 18.2 Å². The Labute approximate surface area is 83.4 Å². The van der Waals surface area contributed by atoms with E-state index >= 15 is 0 Å². The third kappa shape index (κ3) is 3.39. The zero-order valence-corrected chi connectivity index (χ0v) is 8.36. The van der Waals surface area contributed by atoms with Crippen LogP contribution in [0.4, 0.5) is 0 Å². The van der Waals surface area contributed by atoms with Crippen molar-refractivity contribution in [2.75, 3.05) is 7.05 Å². The Balaban J connectivity index is 2.50. The van der Waals surface area contributed by atoms with Gasteiger partial charge in [-0.1, -0.05) is 18.2 Å². The van der Waals surface area contributed by atoms with Crippen LogP contribution in [0.25, 0.3) is 0 Å². The van der Waals surface area contributed by atoms with E-state index in [9.17, 15) is 4.79 Å². The quantitative estimate of drug-likeness (QED) is 0.417. The van der Waals surface area contributed by atoms with Crippen LogP contribution in [0.2, 0.25) is 0 Å². The highest BCUT2D eigenvalue weighted by atomic mass is 16.5. The molecule has 3 heteroatoms. The molecule has 1 aromatic carbocycles. The smallest absolute Gasteiger partial charge is 0.316 e. The number of esters is 1. The van der Waals surface area contributed by atoms with E-state index in [-0.39, 0.29) is 12.4 Å². The van der Waals surface area contributed by atoms with Crippen LogP contribution in [0.3, 0.4) is 0 Å². The summed E-state index contributed by atoms with van der Waals surface area (Å²) in [4.78, 5) is 15.2. The van der Waals surface area contributed by atoms with Crippen LogP contribution < -0.4 is 4.74 Å². The lowest BCUT2D eigenvalue weighted by Crippen LogP contribution is -2.11. The number of aliphatic imine (C=N–C) groups is 1. The lowest BCUT2D eigenvalue weighted by molar-refractivity contribution is -0.133. The van der Waals surface area contributed by atoms with Crippen LogP contribution >= 0.6 is 0 Å². The Hall–Kier alpha value is -1.64. The fourth-order valence-electron chi connectivity index (χ4n) is 0.944. The van der Waals surface area contributed by atoms with E-state index in [4.69, 9.17) is 4.74 Å². The standard InChI is InChI=1S/C11H13NO2/c1-9(12-2)8-11(13)14-10-6-4-3-5-7-10/h3-7H,8H2,1-2H3. The van der Waals surface area contributed by atoms with E-state index < -0.39 is 0 Å². The Bertz CT molecular complexity index is 330. The van der Waals surface area contributed by atoms with Gasteiger partial charge < -0.3 is 4.74 Å². The Kier molecular flexibility index (Phi) is 3.85. The number of hydrogen-bond donors (Lipinski definition) is 0. The second kappa shape index (κ2) is 5.17. The first-order chi connectivity index (χ1) is 6.72. The molecule has 0 aromatic heterocycles. The highest BCUT2D eigenvalue weighted by Crippen LogP contribution is 2.09. The summed E-state index contributed by atoms with van der Waals surface area (Å²) < 4.78 is 5.07. The van der Waals surface area contributed by atoms with Gasteiger partial charge in [0.2, 0.25) is 0 Å². The molecule has 0 atom stereocenters. The molecule has 0 aliphatic heterocycles. The fraction of sp³-hybridized carbons (Fsp3) is 0.273. The number of ether oxygens (including phenoxy) is 1. The van der Waals surface area contributed by atoms with Crippen molar-refractivity contribution in [3.8, 4) is 5.75 Å². The number of benzene rings is 1. The molecule has 0 bridgehead atoms. The predicted molar refractivity (Wildman–Crippen MR) is 55.7 cm³/mol. The summed E-state index contributed by atoms with van der Waals surface area (Å²) in [6, 6.07) is 9.01. The van der Waals surface area contributed by atoms with Crippen LogP contribution in [0.1, 0.15) is 13.3 Å². The minimum absolute atomic E-state index is 0.241. The maximum Gasteiger partial charge on any atom is 0.316 e. The van der Waals surface area contributed by atoms with Crippen molar-refractivity contribution >= 4 is 11.7 Å². The summed E-state index contributed by atoms with van der Waals surface area (Å²) in [5.74, 6) is 0.292. The topological polar surface area (TPSA) is 38.7 Å². The fourth-order valence-corrected chi connectivity index (χ4v) is 0.944. The van der Waals surface area contributed by atoms with Crippen molar-refractivity contribution in [1.82, 2.24) is 0 Å². The van der Waals surface area contributed by atoms with Crippen molar-refractivity contribution in [1.29, 1.82) is 0 Å². The average molecular weight is 191 g/mol. The molecule has 0 unspecified atom stereocenters. The molecule has 74 valence electrons. The molecule has 0 radical (unpaired) electrons. The van der Waals surface area contributed by atoms with Gasteiger partial charge in [-0.15, -0.1) is 0 Å². The van der Waals surface area contributed by atoms with Crippen LogP contribution in [0, 0.1) is 0 Å². The van der Waals surface area contributed by atoms with E-state index in [1.165, 1.54) is 0 Å². The number of carbonyl (C=O) groups excluding carboxylic acids is 1. The zero-order valence-electron chi connectivity index (χ0n) is 8.36. The summed E-state index contributed by atoms with van der Waals surface area (Å²) in [6.45, 7) is 1.80. The summed E-state index contributed by atoms with van der Waals surface area (Å²) in [5.41, 5.74) is 0.769. The van der Waals surface area contributed by atoms with Gasteiger partial charge in [0.25, 0.3) is 0 Å². The lowest BCUT2D eigenvalue weighted by atomic mass is 10.3. The highest BCUT2D eigenvalue weighted by Gasteiger charge is 2.05. The molecular formula is C11H13NO2. The largest absolute Gasteiger partial charge is 0.426 e. The minimum Gasteiger partial charge on any atom is -0.426 e. The molecule has 1 aromatic rings. The summed E-state index contributed by atoms with van der Waals surface area (Å²) >= 11 is 0. The Morgan fingerprint density at radius 2 is 2.00 bits per heavy atom. The van der Waals surface area contributed by atoms with Crippen LogP contribution in [0.15, 0.2) is 35.3 Å². The van der Waals surface area contributed by atoms with E-state index in [0.29, 0.717) is 5.75 Å². The maximum absolute atomic E-state index is 11.3. The third-order valence-electron chi connectivity index (χ3n) is 1.76. The van der Waals surface area contributed by atoms with Gasteiger partial charge in [-0.3, -0.25) is 9.79 Å². The Morgan fingerprint density at radius 3 is 2.57 bits per heavy atom. The molecule has 0 amide bonds. The predicted octanol–water partition coefficient (Wildman–Crippen LogP) is 2.07. The summed E-state index contributed by atoms with van der Waals surface area (Å²) in [6.07, 6.45) is 0.241. The zero-order chi connectivity index (χ0) is 10.4. The molecule has 0 spiro atoms. The van der Waals surface area contributed by atoms with Gasteiger partial charge >= 0.3 is 5.97 Å². The molecule has 0 fully saturated rings. The molecule has 0 N–H and O–H groups in total. The van der Waals surface area contributed by atoms with Gasteiger partial charge in [0.15, 0.2) is 0 Å². The van der Waals surface area contributed by atoms with E-state index in [2.05, 4.69) is 4.99 Å². The molecule has 0 heterocycles. The van der Waals surface area contributed by atoms with E-state index in [0.717, 1.165) is 5.71 Å². The molecule has 1 rings (SSSR count). The first-order valence-corrected chi connectivity index (χ1v) is 4.40. The summed E-state index contributed by atoms with van der Waals surface area (Å²) in [5, 5.41) is 0. The van der Waals surface area contributed by atoms with Crippen molar-refractivity contribution in [3.63, 3.8) is 0 Å².